The number of benzene rings is 1. The molecule has 1 amide bonds. The van der Waals surface area contributed by atoms with Crippen molar-refractivity contribution in [1.29, 1.82) is 0 Å². The number of fused-ring (bicyclic) bond motifs is 1. The first-order valence-corrected chi connectivity index (χ1v) is 9.75. The number of pyridine rings is 1. The maximum Gasteiger partial charge on any atom is 0.267 e. The average Bonchev–Trinajstić information content (AvgIpc) is 3.31. The van der Waals surface area contributed by atoms with Gasteiger partial charge in [0.15, 0.2) is 10.9 Å². The van der Waals surface area contributed by atoms with Crippen LogP contribution in [-0.4, -0.2) is 32.8 Å². The molecule has 3 heterocycles. The van der Waals surface area contributed by atoms with E-state index in [-0.39, 0.29) is 5.91 Å². The molecule has 0 saturated carbocycles. The number of thiazole rings is 1. The van der Waals surface area contributed by atoms with Crippen LogP contribution in [-0.2, 0) is 7.05 Å². The van der Waals surface area contributed by atoms with Crippen molar-refractivity contribution in [2.24, 2.45) is 7.05 Å². The number of nitrogens with zero attached hydrogens (tertiary/aromatic N) is 4. The van der Waals surface area contributed by atoms with Gasteiger partial charge in [-0.3, -0.25) is 14.5 Å². The standard InChI is InChI=1S/C20H20N6O2S/c1-11-7-8-14(28-4)12(2)16(11)23-19(27)15-10-22-20(29-15)24-18-17-13(26(3)25-18)6-5-9-21-17/h5-10H,1-4H3,(H,23,27)(H,22,24,25). The Bertz CT molecular complexity index is 1210. The van der Waals surface area contributed by atoms with E-state index in [1.54, 1.807) is 24.2 Å². The second-order valence-corrected chi connectivity index (χ2v) is 7.57. The number of anilines is 3. The summed E-state index contributed by atoms with van der Waals surface area (Å²) in [6.45, 7) is 3.86. The Hall–Kier alpha value is -3.46. The monoisotopic (exact) mass is 408 g/mol. The molecule has 4 rings (SSSR count). The van der Waals surface area contributed by atoms with Crippen LogP contribution in [0.2, 0.25) is 0 Å². The fourth-order valence-electron chi connectivity index (χ4n) is 3.13. The Morgan fingerprint density at radius 3 is 2.83 bits per heavy atom. The van der Waals surface area contributed by atoms with Gasteiger partial charge in [-0.1, -0.05) is 17.4 Å². The number of aromatic nitrogens is 4. The molecule has 0 aliphatic heterocycles. The molecule has 9 heteroatoms. The minimum Gasteiger partial charge on any atom is -0.496 e. The van der Waals surface area contributed by atoms with E-state index < -0.39 is 0 Å². The van der Waals surface area contributed by atoms with Crippen molar-refractivity contribution in [3.8, 4) is 5.75 Å². The maximum absolute atomic E-state index is 12.8. The number of rotatable bonds is 5. The lowest BCUT2D eigenvalue weighted by molar-refractivity contribution is 0.103. The molecule has 3 aromatic heterocycles. The van der Waals surface area contributed by atoms with Gasteiger partial charge in [0.2, 0.25) is 0 Å². The highest BCUT2D eigenvalue weighted by Crippen LogP contribution is 2.31. The lowest BCUT2D eigenvalue weighted by Gasteiger charge is -2.14. The molecule has 29 heavy (non-hydrogen) atoms. The number of carbonyl (C=O) groups is 1. The van der Waals surface area contributed by atoms with Crippen LogP contribution < -0.4 is 15.4 Å². The number of nitrogens with one attached hydrogen (secondary N) is 2. The highest BCUT2D eigenvalue weighted by Gasteiger charge is 2.17. The van der Waals surface area contributed by atoms with Crippen molar-refractivity contribution >= 4 is 44.9 Å². The summed E-state index contributed by atoms with van der Waals surface area (Å²) < 4.78 is 7.10. The first kappa shape index (κ1) is 18.9. The van der Waals surface area contributed by atoms with E-state index in [2.05, 4.69) is 25.7 Å². The molecule has 148 valence electrons. The molecule has 8 nitrogen and oxygen atoms in total. The van der Waals surface area contributed by atoms with Crippen molar-refractivity contribution in [2.45, 2.75) is 13.8 Å². The molecule has 0 atom stereocenters. The van der Waals surface area contributed by atoms with Gasteiger partial charge in [-0.25, -0.2) is 4.98 Å². The summed E-state index contributed by atoms with van der Waals surface area (Å²) in [4.78, 5) is 21.9. The van der Waals surface area contributed by atoms with Gasteiger partial charge in [-0.2, -0.15) is 5.10 Å². The zero-order chi connectivity index (χ0) is 20.5. The Morgan fingerprint density at radius 1 is 1.21 bits per heavy atom. The van der Waals surface area contributed by atoms with Crippen LogP contribution in [0.3, 0.4) is 0 Å². The quantitative estimate of drug-likeness (QED) is 0.517. The predicted molar refractivity (Wildman–Crippen MR) is 114 cm³/mol. The van der Waals surface area contributed by atoms with Gasteiger partial charge < -0.3 is 15.4 Å². The maximum atomic E-state index is 12.8. The molecule has 0 fully saturated rings. The van der Waals surface area contributed by atoms with Crippen molar-refractivity contribution in [3.63, 3.8) is 0 Å². The van der Waals surface area contributed by atoms with Crippen molar-refractivity contribution in [1.82, 2.24) is 19.7 Å². The summed E-state index contributed by atoms with van der Waals surface area (Å²) in [5, 5.41) is 11.1. The number of hydrogen-bond acceptors (Lipinski definition) is 7. The third-order valence-corrected chi connectivity index (χ3v) is 5.56. The summed E-state index contributed by atoms with van der Waals surface area (Å²) >= 11 is 1.25. The van der Waals surface area contributed by atoms with Gasteiger partial charge in [-0.15, -0.1) is 0 Å². The minimum atomic E-state index is -0.223. The number of ether oxygens (including phenoxy) is 1. The molecule has 4 aromatic rings. The van der Waals surface area contributed by atoms with Crippen LogP contribution in [0.25, 0.3) is 11.0 Å². The predicted octanol–water partition coefficient (Wildman–Crippen LogP) is 4.05. The van der Waals surface area contributed by atoms with Crippen molar-refractivity contribution in [3.05, 3.63) is 52.7 Å². The molecule has 1 aromatic carbocycles. The molecule has 0 radical (unpaired) electrons. The summed E-state index contributed by atoms with van der Waals surface area (Å²) in [6.07, 6.45) is 3.26. The van der Waals surface area contributed by atoms with Crippen LogP contribution >= 0.6 is 11.3 Å². The first-order valence-electron chi connectivity index (χ1n) is 8.94. The van der Waals surface area contributed by atoms with Crippen molar-refractivity contribution in [2.75, 3.05) is 17.7 Å². The van der Waals surface area contributed by atoms with E-state index in [4.69, 9.17) is 4.74 Å². The Kier molecular flexibility index (Phi) is 4.89. The van der Waals surface area contributed by atoms with Crippen LogP contribution in [0, 0.1) is 13.8 Å². The normalized spacial score (nSPS) is 10.9. The number of aryl methyl sites for hydroxylation is 2. The van der Waals surface area contributed by atoms with Crippen LogP contribution in [0.5, 0.6) is 5.75 Å². The Balaban J connectivity index is 1.56. The zero-order valence-corrected chi connectivity index (χ0v) is 17.3. The van der Waals surface area contributed by atoms with E-state index >= 15 is 0 Å². The third-order valence-electron chi connectivity index (χ3n) is 4.65. The second-order valence-electron chi connectivity index (χ2n) is 6.54. The molecule has 2 N–H and O–H groups in total. The minimum absolute atomic E-state index is 0.223. The third kappa shape index (κ3) is 3.52. The zero-order valence-electron chi connectivity index (χ0n) is 16.5. The molecule has 0 aliphatic rings. The van der Waals surface area contributed by atoms with E-state index in [1.165, 1.54) is 11.3 Å². The summed E-state index contributed by atoms with van der Waals surface area (Å²) in [6, 6.07) is 7.61. The Morgan fingerprint density at radius 2 is 2.03 bits per heavy atom. The van der Waals surface area contributed by atoms with E-state index in [9.17, 15) is 4.79 Å². The highest BCUT2D eigenvalue weighted by molar-refractivity contribution is 7.17. The first-order chi connectivity index (χ1) is 14.0. The number of carbonyl (C=O) groups excluding carboxylic acids is 1. The molecular formula is C20H20N6O2S. The second kappa shape index (κ2) is 7.51. The largest absolute Gasteiger partial charge is 0.496 e. The van der Waals surface area contributed by atoms with Gasteiger partial charge in [0.25, 0.3) is 5.91 Å². The summed E-state index contributed by atoms with van der Waals surface area (Å²) in [7, 11) is 3.47. The summed E-state index contributed by atoms with van der Waals surface area (Å²) in [5.74, 6) is 1.11. The number of hydrogen-bond donors (Lipinski definition) is 2. The van der Waals surface area contributed by atoms with E-state index in [0.29, 0.717) is 15.8 Å². The molecule has 0 bridgehead atoms. The smallest absolute Gasteiger partial charge is 0.267 e. The van der Waals surface area contributed by atoms with Crippen LogP contribution in [0.1, 0.15) is 20.8 Å². The lowest BCUT2D eigenvalue weighted by Crippen LogP contribution is -2.12. The van der Waals surface area contributed by atoms with Crippen molar-refractivity contribution < 1.29 is 9.53 Å². The van der Waals surface area contributed by atoms with E-state index in [0.717, 1.165) is 33.6 Å². The fraction of sp³-hybridized carbons (Fsp3) is 0.200. The SMILES string of the molecule is COc1ccc(C)c(NC(=O)c2cnc(Nc3nn(C)c4cccnc34)s2)c1C. The van der Waals surface area contributed by atoms with Crippen LogP contribution in [0.15, 0.2) is 36.7 Å². The fourth-order valence-corrected chi connectivity index (χ4v) is 3.84. The highest BCUT2D eigenvalue weighted by atomic mass is 32.1. The topological polar surface area (TPSA) is 94.0 Å². The number of methoxy groups -OCH3 is 1. The van der Waals surface area contributed by atoms with Gasteiger partial charge in [0, 0.05) is 18.8 Å². The van der Waals surface area contributed by atoms with Gasteiger partial charge in [-0.05, 0) is 37.6 Å². The molecule has 0 aliphatic carbocycles. The lowest BCUT2D eigenvalue weighted by atomic mass is 10.1. The summed E-state index contributed by atoms with van der Waals surface area (Å²) in [5.41, 5.74) is 4.25. The van der Waals surface area contributed by atoms with Crippen LogP contribution in [0.4, 0.5) is 16.6 Å². The van der Waals surface area contributed by atoms with E-state index in [1.807, 2.05) is 45.2 Å². The molecule has 0 saturated heterocycles. The molecule has 0 spiro atoms. The van der Waals surface area contributed by atoms with Gasteiger partial charge in [0.1, 0.15) is 16.1 Å². The van der Waals surface area contributed by atoms with Gasteiger partial charge in [0.05, 0.1) is 24.5 Å². The number of amides is 1. The van der Waals surface area contributed by atoms with Gasteiger partial charge >= 0.3 is 0 Å². The molecular weight excluding hydrogens is 388 g/mol. The Labute approximate surface area is 171 Å². The molecule has 0 unspecified atom stereocenters. The average molecular weight is 408 g/mol.